The molecular weight excluding hydrogens is 572 g/mol. The lowest BCUT2D eigenvalue weighted by Gasteiger charge is -2.34. The van der Waals surface area contributed by atoms with E-state index in [9.17, 15) is 17.6 Å². The van der Waals surface area contributed by atoms with Crippen LogP contribution in [0.5, 0.6) is 0 Å². The van der Waals surface area contributed by atoms with E-state index in [0.29, 0.717) is 0 Å². The molecule has 2 saturated heterocycles. The number of rotatable bonds is 7. The van der Waals surface area contributed by atoms with Gasteiger partial charge < -0.3 is 15.0 Å². The Hall–Kier alpha value is -3.76. The Morgan fingerprint density at radius 3 is 2.23 bits per heavy atom. The highest BCUT2D eigenvalue weighted by Crippen LogP contribution is 2.28. The summed E-state index contributed by atoms with van der Waals surface area (Å²) in [6.45, 7) is 7.40. The first kappa shape index (κ1) is 31.7. The lowest BCUT2D eigenvalue weighted by molar-refractivity contribution is -0.192. The maximum absolute atomic E-state index is 13.5. The number of aromatic nitrogens is 2. The summed E-state index contributed by atoms with van der Waals surface area (Å²) >= 11 is 0. The van der Waals surface area contributed by atoms with E-state index in [2.05, 4.69) is 68.3 Å². The SMILES string of the molecule is Fc1ccc2nc(-c3ccc(-c4cccc(CN5CCC(CCN6CCCCC6)CC5)c4)cc3)[nH]c2c1.O=C(O)C(F)(F)F. The molecule has 0 radical (unpaired) electrons. The zero-order chi connectivity index (χ0) is 31.1. The second-order valence-electron chi connectivity index (χ2n) is 11.7. The van der Waals surface area contributed by atoms with Crippen molar-refractivity contribution in [3.8, 4) is 22.5 Å². The number of imidazole rings is 1. The fourth-order valence-corrected chi connectivity index (χ4v) is 6.03. The van der Waals surface area contributed by atoms with Crippen LogP contribution in [0.1, 0.15) is 44.1 Å². The Bertz CT molecular complexity index is 1520. The molecule has 0 saturated carbocycles. The summed E-state index contributed by atoms with van der Waals surface area (Å²) in [5.74, 6) is -1.35. The summed E-state index contributed by atoms with van der Waals surface area (Å²) in [5.41, 5.74) is 6.32. The highest BCUT2D eigenvalue weighted by Gasteiger charge is 2.38. The highest BCUT2D eigenvalue weighted by molar-refractivity contribution is 5.80. The molecular formula is C34H38F4N4O2. The zero-order valence-electron chi connectivity index (χ0n) is 24.6. The van der Waals surface area contributed by atoms with Crippen molar-refractivity contribution in [3.05, 3.63) is 78.1 Å². The summed E-state index contributed by atoms with van der Waals surface area (Å²) < 4.78 is 45.3. The monoisotopic (exact) mass is 610 g/mol. The standard InChI is InChI=1S/C32H37FN4.C2HF3O2/c33-29-11-12-30-31(22-29)35-32(34-30)27-9-7-26(8-10-27)28-6-4-5-25(21-28)23-37-19-14-24(15-20-37)13-18-36-16-2-1-3-17-36;3-2(4,5)1(6)7/h4-12,21-22,24H,1-3,13-20,23H2,(H,34,35);(H,6,7). The minimum atomic E-state index is -5.08. The molecule has 2 aliphatic heterocycles. The average molecular weight is 611 g/mol. The minimum absolute atomic E-state index is 0.254. The summed E-state index contributed by atoms with van der Waals surface area (Å²) in [5, 5.41) is 7.12. The van der Waals surface area contributed by atoms with E-state index in [1.54, 1.807) is 6.07 Å². The smallest absolute Gasteiger partial charge is 0.475 e. The van der Waals surface area contributed by atoms with Crippen LogP contribution in [-0.2, 0) is 11.3 Å². The van der Waals surface area contributed by atoms with Gasteiger partial charge in [-0.3, -0.25) is 4.90 Å². The van der Waals surface area contributed by atoms with Crippen molar-refractivity contribution >= 4 is 17.0 Å². The van der Waals surface area contributed by atoms with Crippen molar-refractivity contribution in [1.29, 1.82) is 0 Å². The van der Waals surface area contributed by atoms with E-state index in [1.165, 1.54) is 100 Å². The predicted molar refractivity (Wildman–Crippen MR) is 164 cm³/mol. The third kappa shape index (κ3) is 8.66. The van der Waals surface area contributed by atoms with E-state index < -0.39 is 12.1 Å². The number of aromatic amines is 1. The van der Waals surface area contributed by atoms with Crippen LogP contribution in [0.2, 0.25) is 0 Å². The van der Waals surface area contributed by atoms with Gasteiger partial charge in [-0.15, -0.1) is 0 Å². The molecule has 6 nitrogen and oxygen atoms in total. The number of alkyl halides is 3. The number of hydrogen-bond donors (Lipinski definition) is 2. The molecule has 234 valence electrons. The van der Waals surface area contributed by atoms with E-state index in [-0.39, 0.29) is 5.82 Å². The van der Waals surface area contributed by atoms with Crippen LogP contribution < -0.4 is 0 Å². The molecule has 0 atom stereocenters. The minimum Gasteiger partial charge on any atom is -0.475 e. The third-order valence-corrected chi connectivity index (χ3v) is 8.52. The van der Waals surface area contributed by atoms with Crippen LogP contribution in [0.15, 0.2) is 66.7 Å². The fraction of sp³-hybridized carbons (Fsp3) is 0.412. The zero-order valence-corrected chi connectivity index (χ0v) is 24.6. The lowest BCUT2D eigenvalue weighted by Crippen LogP contribution is -2.36. The van der Waals surface area contributed by atoms with Gasteiger partial charge in [0.25, 0.3) is 0 Å². The van der Waals surface area contributed by atoms with Crippen molar-refractivity contribution in [2.24, 2.45) is 5.92 Å². The lowest BCUT2D eigenvalue weighted by atomic mass is 9.92. The van der Waals surface area contributed by atoms with Gasteiger partial charge in [0.1, 0.15) is 11.6 Å². The molecule has 1 aromatic heterocycles. The molecule has 0 unspecified atom stereocenters. The summed E-state index contributed by atoms with van der Waals surface area (Å²) in [6, 6.07) is 22.1. The average Bonchev–Trinajstić information content (AvgIpc) is 3.45. The number of nitrogens with one attached hydrogen (secondary N) is 1. The molecule has 44 heavy (non-hydrogen) atoms. The number of halogens is 4. The topological polar surface area (TPSA) is 72.5 Å². The Morgan fingerprint density at radius 1 is 0.864 bits per heavy atom. The molecule has 0 amide bonds. The predicted octanol–water partition coefficient (Wildman–Crippen LogP) is 7.76. The highest BCUT2D eigenvalue weighted by atomic mass is 19.4. The maximum atomic E-state index is 13.5. The van der Waals surface area contributed by atoms with Crippen molar-refractivity contribution in [3.63, 3.8) is 0 Å². The van der Waals surface area contributed by atoms with Crippen molar-refractivity contribution in [1.82, 2.24) is 19.8 Å². The Labute approximate surface area is 254 Å². The number of carboxylic acids is 1. The number of carboxylic acid groups (broad SMARTS) is 1. The van der Waals surface area contributed by atoms with E-state index in [4.69, 9.17) is 9.90 Å². The molecule has 6 rings (SSSR count). The number of fused-ring (bicyclic) bond motifs is 1. The molecule has 4 aromatic rings. The van der Waals surface area contributed by atoms with Crippen molar-refractivity contribution in [2.75, 3.05) is 32.7 Å². The second kappa shape index (κ2) is 14.3. The first-order chi connectivity index (χ1) is 21.1. The van der Waals surface area contributed by atoms with Crippen LogP contribution in [-0.4, -0.2) is 69.7 Å². The molecule has 0 spiro atoms. The molecule has 3 aromatic carbocycles. The van der Waals surface area contributed by atoms with Crippen LogP contribution in [0, 0.1) is 11.7 Å². The van der Waals surface area contributed by atoms with Crippen molar-refractivity contribution in [2.45, 2.75) is 51.2 Å². The number of piperidine rings is 2. The summed E-state index contributed by atoms with van der Waals surface area (Å²) in [6.07, 6.45) is 3.18. The molecule has 2 aliphatic rings. The number of likely N-dealkylation sites (tertiary alicyclic amines) is 2. The summed E-state index contributed by atoms with van der Waals surface area (Å²) in [4.78, 5) is 22.1. The van der Waals surface area contributed by atoms with Gasteiger partial charge in [0, 0.05) is 12.1 Å². The largest absolute Gasteiger partial charge is 0.490 e. The first-order valence-electron chi connectivity index (χ1n) is 15.2. The third-order valence-electron chi connectivity index (χ3n) is 8.52. The normalized spacial score (nSPS) is 16.9. The quantitative estimate of drug-likeness (QED) is 0.209. The molecule has 2 fully saturated rings. The number of nitrogens with zero attached hydrogens (tertiary/aromatic N) is 3. The Morgan fingerprint density at radius 2 is 1.55 bits per heavy atom. The van der Waals surface area contributed by atoms with Crippen LogP contribution in [0.4, 0.5) is 17.6 Å². The molecule has 0 bridgehead atoms. The first-order valence-corrected chi connectivity index (χ1v) is 15.2. The molecule has 10 heteroatoms. The van der Waals surface area contributed by atoms with Gasteiger partial charge in [-0.25, -0.2) is 14.2 Å². The van der Waals surface area contributed by atoms with Gasteiger partial charge >= 0.3 is 12.1 Å². The summed E-state index contributed by atoms with van der Waals surface area (Å²) in [7, 11) is 0. The maximum Gasteiger partial charge on any atom is 0.490 e. The van der Waals surface area contributed by atoms with E-state index in [0.717, 1.165) is 34.9 Å². The number of hydrogen-bond acceptors (Lipinski definition) is 4. The number of H-pyrrole nitrogens is 1. The second-order valence-corrected chi connectivity index (χ2v) is 11.7. The van der Waals surface area contributed by atoms with Gasteiger partial charge in [-0.1, -0.05) is 48.9 Å². The molecule has 0 aliphatic carbocycles. The number of aliphatic carboxylic acids is 1. The van der Waals surface area contributed by atoms with Crippen LogP contribution in [0.3, 0.4) is 0 Å². The van der Waals surface area contributed by atoms with Gasteiger partial charge in [-0.2, -0.15) is 13.2 Å². The van der Waals surface area contributed by atoms with E-state index >= 15 is 0 Å². The van der Waals surface area contributed by atoms with E-state index in [1.807, 2.05) is 0 Å². The van der Waals surface area contributed by atoms with Gasteiger partial charge in [0.05, 0.1) is 11.0 Å². The van der Waals surface area contributed by atoms with Gasteiger partial charge in [0.2, 0.25) is 0 Å². The number of benzene rings is 3. The van der Waals surface area contributed by atoms with Crippen molar-refractivity contribution < 1.29 is 27.5 Å². The fourth-order valence-electron chi connectivity index (χ4n) is 6.03. The van der Waals surface area contributed by atoms with Crippen LogP contribution in [0.25, 0.3) is 33.5 Å². The Kier molecular flexibility index (Phi) is 10.3. The van der Waals surface area contributed by atoms with Gasteiger partial charge in [-0.05, 0) is 112 Å². The molecule has 3 heterocycles. The van der Waals surface area contributed by atoms with Gasteiger partial charge in [0.15, 0.2) is 0 Å². The van der Waals surface area contributed by atoms with Crippen LogP contribution >= 0.6 is 0 Å². The Balaban J connectivity index is 0.000000493. The number of carbonyl (C=O) groups is 1. The molecule has 2 N–H and O–H groups in total.